The second-order valence-corrected chi connectivity index (χ2v) is 5.53. The van der Waals surface area contributed by atoms with Crippen LogP contribution in [0.1, 0.15) is 12.8 Å². The number of rotatable bonds is 4. The van der Waals surface area contributed by atoms with Crippen LogP contribution in [0.2, 0.25) is 0 Å². The van der Waals surface area contributed by atoms with Crippen molar-refractivity contribution >= 4 is 28.8 Å². The fourth-order valence-corrected chi connectivity index (χ4v) is 3.13. The largest absolute Gasteiger partial charge is 0.388 e. The molecule has 1 aromatic carbocycles. The van der Waals surface area contributed by atoms with Gasteiger partial charge in [0.15, 0.2) is 0 Å². The standard InChI is InChI=1S/C12H17N3O2S/c1-13-10-6-11(8-12(7-10)15(16)17)14-9-2-4-18-5-3-9/h6-9,13-14H,2-5H2,1H3. The molecule has 1 aromatic rings. The Kier molecular flexibility index (Phi) is 4.30. The van der Waals surface area contributed by atoms with E-state index < -0.39 is 0 Å². The molecule has 0 amide bonds. The highest BCUT2D eigenvalue weighted by Crippen LogP contribution is 2.27. The number of hydrogen-bond acceptors (Lipinski definition) is 5. The van der Waals surface area contributed by atoms with Gasteiger partial charge in [0.05, 0.1) is 4.92 Å². The van der Waals surface area contributed by atoms with Gasteiger partial charge < -0.3 is 10.6 Å². The summed E-state index contributed by atoms with van der Waals surface area (Å²) < 4.78 is 0. The van der Waals surface area contributed by atoms with Gasteiger partial charge in [-0.05, 0) is 30.4 Å². The van der Waals surface area contributed by atoms with E-state index in [0.717, 1.165) is 35.7 Å². The molecule has 1 aliphatic heterocycles. The molecule has 1 fully saturated rings. The number of nitrogens with zero attached hydrogens (tertiary/aromatic N) is 1. The highest BCUT2D eigenvalue weighted by atomic mass is 32.2. The molecule has 5 nitrogen and oxygen atoms in total. The predicted molar refractivity (Wildman–Crippen MR) is 76.6 cm³/mol. The van der Waals surface area contributed by atoms with Gasteiger partial charge in [0.2, 0.25) is 0 Å². The first-order valence-electron chi connectivity index (χ1n) is 6.00. The third-order valence-electron chi connectivity index (χ3n) is 3.01. The Bertz CT molecular complexity index is 433. The Labute approximate surface area is 110 Å². The molecule has 1 aliphatic rings. The van der Waals surface area contributed by atoms with Gasteiger partial charge in [0.25, 0.3) is 5.69 Å². The summed E-state index contributed by atoms with van der Waals surface area (Å²) in [5, 5.41) is 17.2. The molecule has 2 N–H and O–H groups in total. The Balaban J connectivity index is 2.15. The van der Waals surface area contributed by atoms with Gasteiger partial charge in [-0.3, -0.25) is 10.1 Å². The summed E-state index contributed by atoms with van der Waals surface area (Å²) in [6.45, 7) is 0. The average Bonchev–Trinajstić information content (AvgIpc) is 2.39. The molecule has 98 valence electrons. The maximum atomic E-state index is 10.9. The molecule has 0 unspecified atom stereocenters. The topological polar surface area (TPSA) is 67.2 Å². The molecule has 0 saturated carbocycles. The monoisotopic (exact) mass is 267 g/mol. The number of anilines is 2. The molecule has 0 spiro atoms. The zero-order chi connectivity index (χ0) is 13.0. The van der Waals surface area contributed by atoms with Crippen molar-refractivity contribution in [1.82, 2.24) is 0 Å². The van der Waals surface area contributed by atoms with Crippen molar-refractivity contribution in [1.29, 1.82) is 0 Å². The minimum absolute atomic E-state index is 0.120. The van der Waals surface area contributed by atoms with Crippen LogP contribution in [0.5, 0.6) is 0 Å². The number of benzene rings is 1. The van der Waals surface area contributed by atoms with Crippen LogP contribution in [0.25, 0.3) is 0 Å². The minimum atomic E-state index is -0.358. The normalized spacial score (nSPS) is 16.3. The van der Waals surface area contributed by atoms with Crippen LogP contribution in [0.15, 0.2) is 18.2 Å². The lowest BCUT2D eigenvalue weighted by atomic mass is 10.1. The van der Waals surface area contributed by atoms with Crippen molar-refractivity contribution in [3.63, 3.8) is 0 Å². The van der Waals surface area contributed by atoms with Gasteiger partial charge in [0, 0.05) is 36.6 Å². The van der Waals surface area contributed by atoms with Gasteiger partial charge in [-0.15, -0.1) is 0 Å². The number of hydrogen-bond donors (Lipinski definition) is 2. The fourth-order valence-electron chi connectivity index (χ4n) is 2.02. The summed E-state index contributed by atoms with van der Waals surface area (Å²) in [5.74, 6) is 2.32. The second-order valence-electron chi connectivity index (χ2n) is 4.31. The Morgan fingerprint density at radius 2 is 1.94 bits per heavy atom. The molecule has 0 bridgehead atoms. The van der Waals surface area contributed by atoms with Gasteiger partial charge >= 0.3 is 0 Å². The molecule has 0 radical (unpaired) electrons. The van der Waals surface area contributed by atoms with E-state index in [1.807, 2.05) is 17.8 Å². The van der Waals surface area contributed by atoms with Crippen LogP contribution >= 0.6 is 11.8 Å². The van der Waals surface area contributed by atoms with Gasteiger partial charge in [-0.1, -0.05) is 0 Å². The first kappa shape index (κ1) is 13.0. The van der Waals surface area contributed by atoms with Crippen molar-refractivity contribution in [3.8, 4) is 0 Å². The maximum Gasteiger partial charge on any atom is 0.273 e. The first-order valence-corrected chi connectivity index (χ1v) is 7.16. The summed E-state index contributed by atoms with van der Waals surface area (Å²) in [6, 6.07) is 5.48. The van der Waals surface area contributed by atoms with Crippen LogP contribution in [-0.2, 0) is 0 Å². The molecule has 18 heavy (non-hydrogen) atoms. The zero-order valence-electron chi connectivity index (χ0n) is 10.3. The van der Waals surface area contributed by atoms with Gasteiger partial charge in [-0.25, -0.2) is 0 Å². The van der Waals surface area contributed by atoms with E-state index >= 15 is 0 Å². The lowest BCUT2D eigenvalue weighted by Crippen LogP contribution is -2.24. The summed E-state index contributed by atoms with van der Waals surface area (Å²) in [5.41, 5.74) is 1.71. The third-order valence-corrected chi connectivity index (χ3v) is 4.06. The molecular formula is C12H17N3O2S. The Morgan fingerprint density at radius 3 is 2.56 bits per heavy atom. The molecular weight excluding hydrogens is 250 g/mol. The van der Waals surface area contributed by atoms with Gasteiger partial charge in [0.1, 0.15) is 0 Å². The third kappa shape index (κ3) is 3.29. The molecule has 1 saturated heterocycles. The summed E-state index contributed by atoms with van der Waals surface area (Å²) in [6.07, 6.45) is 2.23. The van der Waals surface area contributed by atoms with E-state index in [-0.39, 0.29) is 10.6 Å². The van der Waals surface area contributed by atoms with Crippen LogP contribution in [0.4, 0.5) is 17.1 Å². The van der Waals surface area contributed by atoms with Crippen molar-refractivity contribution in [2.45, 2.75) is 18.9 Å². The summed E-state index contributed by atoms with van der Waals surface area (Å²) in [4.78, 5) is 10.5. The van der Waals surface area contributed by atoms with Crippen molar-refractivity contribution < 1.29 is 4.92 Å². The molecule has 6 heteroatoms. The lowest BCUT2D eigenvalue weighted by Gasteiger charge is -2.23. The molecule has 0 atom stereocenters. The second kappa shape index (κ2) is 5.95. The number of nitro groups is 1. The molecule has 2 rings (SSSR count). The quantitative estimate of drug-likeness (QED) is 0.648. The Morgan fingerprint density at radius 1 is 1.28 bits per heavy atom. The summed E-state index contributed by atoms with van der Waals surface area (Å²) in [7, 11) is 1.76. The van der Waals surface area contributed by atoms with Crippen molar-refractivity contribution in [2.75, 3.05) is 29.2 Å². The lowest BCUT2D eigenvalue weighted by molar-refractivity contribution is -0.384. The highest BCUT2D eigenvalue weighted by Gasteiger charge is 2.15. The SMILES string of the molecule is CNc1cc(NC2CCSCC2)cc([N+](=O)[O-])c1. The van der Waals surface area contributed by atoms with Crippen molar-refractivity contribution in [3.05, 3.63) is 28.3 Å². The van der Waals surface area contributed by atoms with Crippen LogP contribution in [0.3, 0.4) is 0 Å². The van der Waals surface area contributed by atoms with E-state index in [1.54, 1.807) is 19.2 Å². The average molecular weight is 267 g/mol. The molecule has 0 aliphatic carbocycles. The maximum absolute atomic E-state index is 10.9. The van der Waals surface area contributed by atoms with Crippen molar-refractivity contribution in [2.24, 2.45) is 0 Å². The van der Waals surface area contributed by atoms with Gasteiger partial charge in [-0.2, -0.15) is 11.8 Å². The fraction of sp³-hybridized carbons (Fsp3) is 0.500. The minimum Gasteiger partial charge on any atom is -0.388 e. The van der Waals surface area contributed by atoms with E-state index in [9.17, 15) is 10.1 Å². The van der Waals surface area contributed by atoms with E-state index in [4.69, 9.17) is 0 Å². The van der Waals surface area contributed by atoms with Crippen LogP contribution in [-0.4, -0.2) is 29.5 Å². The zero-order valence-corrected chi connectivity index (χ0v) is 11.1. The number of nitro benzene ring substituents is 1. The molecule has 0 aromatic heterocycles. The predicted octanol–water partition coefficient (Wildman–Crippen LogP) is 2.94. The number of thioether (sulfide) groups is 1. The van der Waals surface area contributed by atoms with E-state index in [1.165, 1.54) is 0 Å². The summed E-state index contributed by atoms with van der Waals surface area (Å²) >= 11 is 1.96. The smallest absolute Gasteiger partial charge is 0.273 e. The number of non-ortho nitro benzene ring substituents is 1. The Hall–Kier alpha value is -1.43. The molecule has 1 heterocycles. The van der Waals surface area contributed by atoms with E-state index in [2.05, 4.69) is 10.6 Å². The van der Waals surface area contributed by atoms with Crippen LogP contribution in [0, 0.1) is 10.1 Å². The highest BCUT2D eigenvalue weighted by molar-refractivity contribution is 7.99. The number of nitrogens with one attached hydrogen (secondary N) is 2. The van der Waals surface area contributed by atoms with E-state index in [0.29, 0.717) is 6.04 Å². The first-order chi connectivity index (χ1) is 8.69. The van der Waals surface area contributed by atoms with Crippen LogP contribution < -0.4 is 10.6 Å².